The van der Waals surface area contributed by atoms with Gasteiger partial charge in [0, 0.05) is 11.6 Å². The summed E-state index contributed by atoms with van der Waals surface area (Å²) in [7, 11) is 0. The second-order valence-electron chi connectivity index (χ2n) is 3.96. The Labute approximate surface area is 100 Å². The lowest BCUT2D eigenvalue weighted by atomic mass is 10.0. The van der Waals surface area contributed by atoms with Gasteiger partial charge < -0.3 is 10.4 Å². The Bertz CT molecular complexity index is 381. The monoisotopic (exact) mass is 241 g/mol. The molecule has 1 aromatic carbocycles. The molecule has 0 aliphatic heterocycles. The molecule has 1 unspecified atom stereocenters. The van der Waals surface area contributed by atoms with Crippen LogP contribution in [0.3, 0.4) is 0 Å². The van der Waals surface area contributed by atoms with Gasteiger partial charge in [0.05, 0.1) is 0 Å². The minimum Gasteiger partial charge on any atom is -0.480 e. The van der Waals surface area contributed by atoms with E-state index in [0.29, 0.717) is 11.6 Å². The molecule has 0 heterocycles. The molecule has 0 spiro atoms. The van der Waals surface area contributed by atoms with Gasteiger partial charge in [-0.3, -0.25) is 4.79 Å². The maximum absolute atomic E-state index is 10.7. The fourth-order valence-electron chi connectivity index (χ4n) is 1.56. The van der Waals surface area contributed by atoms with Gasteiger partial charge in [0.25, 0.3) is 0 Å². The number of carboxylic acid groups (broad SMARTS) is 1. The Kier molecular flexibility index (Phi) is 4.33. The van der Waals surface area contributed by atoms with Crippen molar-refractivity contribution in [3.63, 3.8) is 0 Å². The largest absolute Gasteiger partial charge is 0.480 e. The number of benzene rings is 1. The zero-order valence-corrected chi connectivity index (χ0v) is 10.4. The van der Waals surface area contributed by atoms with Gasteiger partial charge in [0.1, 0.15) is 6.04 Å². The Morgan fingerprint density at radius 3 is 2.38 bits per heavy atom. The fourth-order valence-corrected chi connectivity index (χ4v) is 1.89. The predicted molar refractivity (Wildman–Crippen MR) is 64.9 cm³/mol. The molecule has 0 radical (unpaired) electrons. The zero-order valence-electron chi connectivity index (χ0n) is 9.67. The molecule has 1 atom stereocenters. The molecule has 16 heavy (non-hydrogen) atoms. The number of hydrogen-bond acceptors (Lipinski definition) is 2. The van der Waals surface area contributed by atoms with Crippen LogP contribution in [-0.4, -0.2) is 17.1 Å². The van der Waals surface area contributed by atoms with Crippen LogP contribution in [0.1, 0.15) is 23.6 Å². The summed E-state index contributed by atoms with van der Waals surface area (Å²) >= 11 is 5.92. The van der Waals surface area contributed by atoms with Crippen molar-refractivity contribution in [2.75, 3.05) is 0 Å². The summed E-state index contributed by atoms with van der Waals surface area (Å²) in [6.07, 6.45) is 0. The lowest BCUT2D eigenvalue weighted by molar-refractivity contribution is -0.139. The van der Waals surface area contributed by atoms with Gasteiger partial charge in [0.15, 0.2) is 0 Å². The Balaban J connectivity index is 2.78. The van der Waals surface area contributed by atoms with Gasteiger partial charge in [-0.15, -0.1) is 0 Å². The van der Waals surface area contributed by atoms with Crippen molar-refractivity contribution in [3.8, 4) is 0 Å². The fraction of sp³-hybridized carbons (Fsp3) is 0.417. The molecule has 0 fully saturated rings. The normalized spacial score (nSPS) is 12.5. The van der Waals surface area contributed by atoms with E-state index in [1.807, 2.05) is 26.0 Å². The third-order valence-electron chi connectivity index (χ3n) is 2.62. The number of aryl methyl sites for hydroxylation is 2. The standard InChI is InChI=1S/C12H16ClNO2/c1-7-4-10(13)5-8(2)11(7)6-14-9(3)12(15)16/h4-5,9,14H,6H2,1-3H3,(H,15,16). The van der Waals surface area contributed by atoms with E-state index < -0.39 is 12.0 Å². The van der Waals surface area contributed by atoms with E-state index >= 15 is 0 Å². The predicted octanol–water partition coefficient (Wildman–Crippen LogP) is 2.52. The minimum atomic E-state index is -0.843. The van der Waals surface area contributed by atoms with E-state index in [1.54, 1.807) is 6.92 Å². The molecule has 0 aliphatic rings. The molecular formula is C12H16ClNO2. The average molecular weight is 242 g/mol. The van der Waals surface area contributed by atoms with E-state index in [2.05, 4.69) is 5.32 Å². The van der Waals surface area contributed by atoms with Crippen molar-refractivity contribution >= 4 is 17.6 Å². The van der Waals surface area contributed by atoms with Gasteiger partial charge in [-0.1, -0.05) is 11.6 Å². The number of nitrogens with one attached hydrogen (secondary N) is 1. The van der Waals surface area contributed by atoms with E-state index in [9.17, 15) is 4.79 Å². The number of rotatable bonds is 4. The van der Waals surface area contributed by atoms with Crippen molar-refractivity contribution in [1.82, 2.24) is 5.32 Å². The quantitative estimate of drug-likeness (QED) is 0.852. The van der Waals surface area contributed by atoms with Gasteiger partial charge in [-0.25, -0.2) is 0 Å². The number of carbonyl (C=O) groups is 1. The van der Waals surface area contributed by atoms with Gasteiger partial charge >= 0.3 is 5.97 Å². The van der Waals surface area contributed by atoms with Crippen LogP contribution in [0, 0.1) is 13.8 Å². The number of halogens is 1. The van der Waals surface area contributed by atoms with Crippen LogP contribution in [0.25, 0.3) is 0 Å². The molecule has 0 bridgehead atoms. The first kappa shape index (κ1) is 13.0. The highest BCUT2D eigenvalue weighted by Crippen LogP contribution is 2.19. The van der Waals surface area contributed by atoms with Crippen molar-refractivity contribution in [1.29, 1.82) is 0 Å². The molecule has 3 nitrogen and oxygen atoms in total. The topological polar surface area (TPSA) is 49.3 Å². The molecule has 2 N–H and O–H groups in total. The Morgan fingerprint density at radius 1 is 1.44 bits per heavy atom. The SMILES string of the molecule is Cc1cc(Cl)cc(C)c1CNC(C)C(=O)O. The van der Waals surface area contributed by atoms with Crippen molar-refractivity contribution in [2.24, 2.45) is 0 Å². The lowest BCUT2D eigenvalue weighted by Gasteiger charge is -2.14. The summed E-state index contributed by atoms with van der Waals surface area (Å²) in [5.41, 5.74) is 3.27. The summed E-state index contributed by atoms with van der Waals surface area (Å²) < 4.78 is 0. The third-order valence-corrected chi connectivity index (χ3v) is 2.83. The van der Waals surface area contributed by atoms with Gasteiger partial charge in [0.2, 0.25) is 0 Å². The first-order valence-electron chi connectivity index (χ1n) is 5.13. The second-order valence-corrected chi connectivity index (χ2v) is 4.40. The molecule has 4 heteroatoms. The zero-order chi connectivity index (χ0) is 12.3. The molecule has 1 rings (SSSR count). The van der Waals surface area contributed by atoms with Crippen molar-refractivity contribution in [3.05, 3.63) is 33.8 Å². The first-order chi connectivity index (χ1) is 7.41. The summed E-state index contributed by atoms with van der Waals surface area (Å²) in [5.74, 6) is -0.843. The van der Waals surface area contributed by atoms with Crippen LogP contribution in [0.4, 0.5) is 0 Å². The molecule has 1 aromatic rings. The van der Waals surface area contributed by atoms with Crippen molar-refractivity contribution in [2.45, 2.75) is 33.4 Å². The smallest absolute Gasteiger partial charge is 0.320 e. The molecular weight excluding hydrogens is 226 g/mol. The van der Waals surface area contributed by atoms with Crippen LogP contribution in [0.2, 0.25) is 5.02 Å². The van der Waals surface area contributed by atoms with E-state index in [-0.39, 0.29) is 0 Å². The highest BCUT2D eigenvalue weighted by atomic mass is 35.5. The summed E-state index contributed by atoms with van der Waals surface area (Å²) in [4.78, 5) is 10.7. The Hall–Kier alpha value is -1.06. The first-order valence-corrected chi connectivity index (χ1v) is 5.51. The second kappa shape index (κ2) is 5.32. The van der Waals surface area contributed by atoms with Crippen LogP contribution in [0.15, 0.2) is 12.1 Å². The lowest BCUT2D eigenvalue weighted by Crippen LogP contribution is -2.33. The molecule has 0 amide bonds. The third kappa shape index (κ3) is 3.22. The Morgan fingerprint density at radius 2 is 1.94 bits per heavy atom. The van der Waals surface area contributed by atoms with Crippen molar-refractivity contribution < 1.29 is 9.90 Å². The number of hydrogen-bond donors (Lipinski definition) is 2. The average Bonchev–Trinajstić information content (AvgIpc) is 2.15. The highest BCUT2D eigenvalue weighted by Gasteiger charge is 2.11. The summed E-state index contributed by atoms with van der Waals surface area (Å²) in [6, 6.07) is 3.23. The van der Waals surface area contributed by atoms with Gasteiger partial charge in [-0.05, 0) is 49.6 Å². The van der Waals surface area contributed by atoms with Crippen LogP contribution < -0.4 is 5.32 Å². The van der Waals surface area contributed by atoms with E-state index in [4.69, 9.17) is 16.7 Å². The van der Waals surface area contributed by atoms with Crippen LogP contribution >= 0.6 is 11.6 Å². The highest BCUT2D eigenvalue weighted by molar-refractivity contribution is 6.30. The molecule has 0 saturated heterocycles. The number of carboxylic acids is 1. The minimum absolute atomic E-state index is 0.544. The summed E-state index contributed by atoms with van der Waals surface area (Å²) in [6.45, 7) is 6.12. The maximum atomic E-state index is 10.7. The summed E-state index contributed by atoms with van der Waals surface area (Å²) in [5, 5.41) is 12.4. The van der Waals surface area contributed by atoms with Crippen LogP contribution in [0.5, 0.6) is 0 Å². The maximum Gasteiger partial charge on any atom is 0.320 e. The van der Waals surface area contributed by atoms with Gasteiger partial charge in [-0.2, -0.15) is 0 Å². The van der Waals surface area contributed by atoms with E-state index in [1.165, 1.54) is 0 Å². The molecule has 0 aliphatic carbocycles. The van der Waals surface area contributed by atoms with Crippen LogP contribution in [-0.2, 0) is 11.3 Å². The molecule has 0 aromatic heterocycles. The number of aliphatic carboxylic acids is 1. The molecule has 0 saturated carbocycles. The molecule has 88 valence electrons. The van der Waals surface area contributed by atoms with E-state index in [0.717, 1.165) is 16.7 Å².